The normalized spacial score (nSPS) is 11.5. The number of hydrogen-bond donors (Lipinski definition) is 2. The van der Waals surface area contributed by atoms with E-state index in [9.17, 15) is 9.59 Å². The molecule has 0 radical (unpaired) electrons. The van der Waals surface area contributed by atoms with E-state index in [-0.39, 0.29) is 0 Å². The highest BCUT2D eigenvalue weighted by atomic mass is 16.7. The molecule has 5 heteroatoms. The monoisotopic (exact) mass is 284 g/mol. The fourth-order valence-corrected chi connectivity index (χ4v) is 1.77. The molecule has 1 atom stereocenters. The summed E-state index contributed by atoms with van der Waals surface area (Å²) >= 11 is 0. The lowest BCUT2D eigenvalue weighted by Gasteiger charge is -2.11. The van der Waals surface area contributed by atoms with Crippen LogP contribution >= 0.6 is 0 Å². The van der Waals surface area contributed by atoms with Crippen LogP contribution in [-0.2, 0) is 16.1 Å². The Hall–Kier alpha value is -2.66. The Balaban J connectivity index is 1.83. The van der Waals surface area contributed by atoms with Gasteiger partial charge in [0.15, 0.2) is 0 Å². The van der Waals surface area contributed by atoms with Gasteiger partial charge in [0.05, 0.1) is 0 Å². The quantitative estimate of drug-likeness (QED) is 0.832. The molecule has 0 heterocycles. The van der Waals surface area contributed by atoms with Crippen LogP contribution in [0, 0.1) is 0 Å². The molecule has 5 nitrogen and oxygen atoms in total. The molecule has 0 aliphatic rings. The Morgan fingerprint density at radius 2 is 1.57 bits per heavy atom. The van der Waals surface area contributed by atoms with Crippen LogP contribution in [0.15, 0.2) is 60.7 Å². The lowest BCUT2D eigenvalue weighted by Crippen LogP contribution is -2.39. The lowest BCUT2D eigenvalue weighted by atomic mass is 10.1. The van der Waals surface area contributed by atoms with E-state index in [1.165, 1.54) is 0 Å². The molecule has 0 saturated carbocycles. The van der Waals surface area contributed by atoms with Gasteiger partial charge >= 0.3 is 5.97 Å². The number of nitrogens with two attached hydrogens (primary N) is 1. The summed E-state index contributed by atoms with van der Waals surface area (Å²) in [6.07, 6.45) is 0.348. The summed E-state index contributed by atoms with van der Waals surface area (Å²) in [4.78, 5) is 28.2. The van der Waals surface area contributed by atoms with E-state index in [1.54, 1.807) is 30.3 Å². The van der Waals surface area contributed by atoms with Gasteiger partial charge in [-0.25, -0.2) is 4.79 Å². The van der Waals surface area contributed by atoms with Crippen molar-refractivity contribution in [2.75, 3.05) is 0 Å². The number of nitrogens with one attached hydrogen (secondary N) is 1. The van der Waals surface area contributed by atoms with Crippen LogP contribution in [0.25, 0.3) is 0 Å². The zero-order valence-electron chi connectivity index (χ0n) is 11.4. The molecular formula is C16H16N2O3. The molecule has 0 saturated heterocycles. The number of hydroxylamine groups is 1. The Morgan fingerprint density at radius 3 is 2.19 bits per heavy atom. The highest BCUT2D eigenvalue weighted by Crippen LogP contribution is 2.03. The standard InChI is InChI=1S/C16H16N2O3/c17-14(11-12-7-3-1-4-8-12)16(20)21-18-15(19)13-9-5-2-6-10-13/h1-10,14H,11,17H2,(H,18,19)/t14-/m0/s1. The largest absolute Gasteiger partial charge is 0.349 e. The van der Waals surface area contributed by atoms with Gasteiger partial charge in [0.2, 0.25) is 0 Å². The summed E-state index contributed by atoms with van der Waals surface area (Å²) in [5, 5.41) is 0. The fraction of sp³-hybridized carbons (Fsp3) is 0.125. The number of carbonyl (C=O) groups is 2. The second-order valence-corrected chi connectivity index (χ2v) is 4.51. The molecule has 1 amide bonds. The minimum absolute atomic E-state index is 0.348. The minimum Gasteiger partial charge on any atom is -0.339 e. The molecule has 0 aromatic heterocycles. The lowest BCUT2D eigenvalue weighted by molar-refractivity contribution is -0.150. The molecule has 21 heavy (non-hydrogen) atoms. The highest BCUT2D eigenvalue weighted by molar-refractivity contribution is 5.94. The summed E-state index contributed by atoms with van der Waals surface area (Å²) in [7, 11) is 0. The van der Waals surface area contributed by atoms with E-state index >= 15 is 0 Å². The molecule has 3 N–H and O–H groups in total. The maximum absolute atomic E-state index is 11.7. The van der Waals surface area contributed by atoms with Crippen molar-refractivity contribution in [3.8, 4) is 0 Å². The Kier molecular flexibility index (Phi) is 5.06. The molecule has 0 bridgehead atoms. The summed E-state index contributed by atoms with van der Waals surface area (Å²) < 4.78 is 0. The number of carbonyl (C=O) groups excluding carboxylic acids is 2. The SMILES string of the molecule is N[C@@H](Cc1ccccc1)C(=O)ONC(=O)c1ccccc1. The molecule has 2 rings (SSSR count). The molecule has 0 aliphatic carbocycles. The zero-order valence-corrected chi connectivity index (χ0v) is 11.4. The predicted octanol–water partition coefficient (Wildman–Crippen LogP) is 1.44. The van der Waals surface area contributed by atoms with Crippen LogP contribution in [0.4, 0.5) is 0 Å². The summed E-state index contributed by atoms with van der Waals surface area (Å²) in [5.41, 5.74) is 9.18. The zero-order chi connectivity index (χ0) is 15.1. The Bertz CT molecular complexity index is 599. The maximum Gasteiger partial charge on any atom is 0.349 e. The van der Waals surface area contributed by atoms with Crippen LogP contribution in [0.2, 0.25) is 0 Å². The van der Waals surface area contributed by atoms with Crippen molar-refractivity contribution in [1.29, 1.82) is 0 Å². The van der Waals surface area contributed by atoms with Crippen molar-refractivity contribution >= 4 is 11.9 Å². The molecule has 2 aromatic carbocycles. The van der Waals surface area contributed by atoms with Gasteiger partial charge in [-0.3, -0.25) is 4.79 Å². The van der Waals surface area contributed by atoms with Crippen molar-refractivity contribution in [1.82, 2.24) is 5.48 Å². The minimum atomic E-state index is -0.830. The third-order valence-electron chi connectivity index (χ3n) is 2.88. The Morgan fingerprint density at radius 1 is 1.00 bits per heavy atom. The second-order valence-electron chi connectivity index (χ2n) is 4.51. The van der Waals surface area contributed by atoms with Crippen LogP contribution < -0.4 is 11.2 Å². The van der Waals surface area contributed by atoms with E-state index in [0.29, 0.717) is 12.0 Å². The molecule has 0 fully saturated rings. The summed E-state index contributed by atoms with van der Waals surface area (Å²) in [6.45, 7) is 0. The van der Waals surface area contributed by atoms with Gasteiger partial charge in [0.1, 0.15) is 6.04 Å². The van der Waals surface area contributed by atoms with Gasteiger partial charge in [-0.1, -0.05) is 48.5 Å². The first kappa shape index (κ1) is 14.7. The van der Waals surface area contributed by atoms with E-state index in [4.69, 9.17) is 10.6 Å². The molecule has 0 spiro atoms. The predicted molar refractivity (Wildman–Crippen MR) is 78.1 cm³/mol. The van der Waals surface area contributed by atoms with E-state index in [0.717, 1.165) is 5.56 Å². The highest BCUT2D eigenvalue weighted by Gasteiger charge is 2.17. The summed E-state index contributed by atoms with van der Waals surface area (Å²) in [6, 6.07) is 17.0. The Labute approximate surface area is 122 Å². The van der Waals surface area contributed by atoms with Crippen molar-refractivity contribution in [2.45, 2.75) is 12.5 Å². The first-order valence-electron chi connectivity index (χ1n) is 6.52. The average molecular weight is 284 g/mol. The van der Waals surface area contributed by atoms with Crippen LogP contribution in [0.3, 0.4) is 0 Å². The number of rotatable bonds is 4. The van der Waals surface area contributed by atoms with Gasteiger partial charge in [-0.2, -0.15) is 5.48 Å². The number of amides is 1. The summed E-state index contributed by atoms with van der Waals surface area (Å²) in [5.74, 6) is -1.17. The number of benzene rings is 2. The van der Waals surface area contributed by atoms with Gasteiger partial charge in [0.25, 0.3) is 5.91 Å². The molecule has 0 aliphatic heterocycles. The van der Waals surface area contributed by atoms with E-state index in [2.05, 4.69) is 5.48 Å². The third kappa shape index (κ3) is 4.43. The second kappa shape index (κ2) is 7.21. The molecular weight excluding hydrogens is 268 g/mol. The van der Waals surface area contributed by atoms with Crippen molar-refractivity contribution in [3.05, 3.63) is 71.8 Å². The van der Waals surface area contributed by atoms with Crippen LogP contribution in [0.1, 0.15) is 15.9 Å². The molecule has 108 valence electrons. The average Bonchev–Trinajstić information content (AvgIpc) is 2.54. The van der Waals surface area contributed by atoms with E-state index in [1.807, 2.05) is 30.3 Å². The first-order valence-corrected chi connectivity index (χ1v) is 6.52. The molecule has 2 aromatic rings. The van der Waals surface area contributed by atoms with Gasteiger partial charge < -0.3 is 10.6 Å². The van der Waals surface area contributed by atoms with Crippen molar-refractivity contribution in [3.63, 3.8) is 0 Å². The topological polar surface area (TPSA) is 81.4 Å². The maximum atomic E-state index is 11.7. The van der Waals surface area contributed by atoms with Crippen molar-refractivity contribution in [2.24, 2.45) is 5.73 Å². The smallest absolute Gasteiger partial charge is 0.339 e. The van der Waals surface area contributed by atoms with Crippen LogP contribution in [-0.4, -0.2) is 17.9 Å². The molecule has 0 unspecified atom stereocenters. The number of hydrogen-bond acceptors (Lipinski definition) is 4. The third-order valence-corrected chi connectivity index (χ3v) is 2.88. The van der Waals surface area contributed by atoms with Gasteiger partial charge in [0, 0.05) is 5.56 Å². The first-order chi connectivity index (χ1) is 10.2. The van der Waals surface area contributed by atoms with E-state index < -0.39 is 17.9 Å². The van der Waals surface area contributed by atoms with Crippen LogP contribution in [0.5, 0.6) is 0 Å². The van der Waals surface area contributed by atoms with Crippen molar-refractivity contribution < 1.29 is 14.4 Å². The van der Waals surface area contributed by atoms with Gasteiger partial charge in [-0.05, 0) is 24.1 Å². The fourth-order valence-electron chi connectivity index (χ4n) is 1.77. The van der Waals surface area contributed by atoms with Gasteiger partial charge in [-0.15, -0.1) is 0 Å².